The van der Waals surface area contributed by atoms with E-state index in [0.29, 0.717) is 11.7 Å². The van der Waals surface area contributed by atoms with E-state index in [2.05, 4.69) is 31.3 Å². The van der Waals surface area contributed by atoms with Gasteiger partial charge in [-0.25, -0.2) is 0 Å². The third-order valence-electron chi connectivity index (χ3n) is 3.09. The Morgan fingerprint density at radius 2 is 1.90 bits per heavy atom. The minimum absolute atomic E-state index is 0.0873. The zero-order valence-corrected chi connectivity index (χ0v) is 11.7. The van der Waals surface area contributed by atoms with Crippen LogP contribution in [0.25, 0.3) is 11.3 Å². The van der Waals surface area contributed by atoms with Crippen molar-refractivity contribution in [3.05, 3.63) is 47.7 Å². The predicted molar refractivity (Wildman–Crippen MR) is 77.7 cm³/mol. The fourth-order valence-corrected chi connectivity index (χ4v) is 1.90. The highest BCUT2D eigenvalue weighted by molar-refractivity contribution is 5.92. The van der Waals surface area contributed by atoms with Crippen LogP contribution in [-0.4, -0.2) is 24.2 Å². The summed E-state index contributed by atoms with van der Waals surface area (Å²) >= 11 is 0. The van der Waals surface area contributed by atoms with Gasteiger partial charge < -0.3 is 14.8 Å². The summed E-state index contributed by atoms with van der Waals surface area (Å²) in [6, 6.07) is 11.5. The van der Waals surface area contributed by atoms with Gasteiger partial charge in [-0.05, 0) is 23.6 Å². The summed E-state index contributed by atoms with van der Waals surface area (Å²) in [5.41, 5.74) is 2.21. The maximum atomic E-state index is 11.7. The van der Waals surface area contributed by atoms with E-state index in [1.54, 1.807) is 12.1 Å². The second-order valence-corrected chi connectivity index (χ2v) is 4.92. The highest BCUT2D eigenvalue weighted by atomic mass is 16.4. The molecule has 0 radical (unpaired) electrons. The number of carbonyl (C=O) groups excluding carboxylic acids is 1. The normalized spacial score (nSPS) is 10.8. The summed E-state index contributed by atoms with van der Waals surface area (Å²) in [6.07, 6.45) is 0. The molecule has 2 aromatic rings. The van der Waals surface area contributed by atoms with E-state index < -0.39 is 0 Å². The Bertz CT molecular complexity index is 570. The fourth-order valence-electron chi connectivity index (χ4n) is 1.90. The van der Waals surface area contributed by atoms with Crippen LogP contribution >= 0.6 is 0 Å². The SMILES string of the molecule is CC(C)c1ccc(-c2ccc(C(=O)NCCO)o2)cc1. The molecule has 0 bridgehead atoms. The number of aliphatic hydroxyl groups is 1. The van der Waals surface area contributed by atoms with E-state index in [4.69, 9.17) is 9.52 Å². The monoisotopic (exact) mass is 273 g/mol. The second kappa shape index (κ2) is 6.39. The Labute approximate surface area is 118 Å². The van der Waals surface area contributed by atoms with Crippen LogP contribution in [0.1, 0.15) is 35.9 Å². The number of amides is 1. The standard InChI is InChI=1S/C16H19NO3/c1-11(2)12-3-5-13(6-4-12)14-7-8-15(20-14)16(19)17-9-10-18/h3-8,11,18H,9-10H2,1-2H3,(H,17,19). The first-order valence-corrected chi connectivity index (χ1v) is 6.71. The van der Waals surface area contributed by atoms with Crippen molar-refractivity contribution in [3.8, 4) is 11.3 Å². The van der Waals surface area contributed by atoms with E-state index in [9.17, 15) is 4.79 Å². The third-order valence-corrected chi connectivity index (χ3v) is 3.09. The van der Waals surface area contributed by atoms with Crippen molar-refractivity contribution in [2.45, 2.75) is 19.8 Å². The van der Waals surface area contributed by atoms with Crippen molar-refractivity contribution >= 4 is 5.91 Å². The molecule has 0 unspecified atom stereocenters. The van der Waals surface area contributed by atoms with Gasteiger partial charge >= 0.3 is 0 Å². The van der Waals surface area contributed by atoms with Crippen molar-refractivity contribution in [2.24, 2.45) is 0 Å². The molecule has 2 N–H and O–H groups in total. The second-order valence-electron chi connectivity index (χ2n) is 4.92. The van der Waals surface area contributed by atoms with Gasteiger partial charge in [-0.1, -0.05) is 38.1 Å². The average molecular weight is 273 g/mol. The van der Waals surface area contributed by atoms with Gasteiger partial charge in [-0.3, -0.25) is 4.79 Å². The minimum Gasteiger partial charge on any atom is -0.451 e. The molecule has 106 valence electrons. The van der Waals surface area contributed by atoms with E-state index in [1.165, 1.54) is 5.56 Å². The largest absolute Gasteiger partial charge is 0.451 e. The average Bonchev–Trinajstić information content (AvgIpc) is 2.94. The number of hydrogen-bond donors (Lipinski definition) is 2. The number of carbonyl (C=O) groups is 1. The van der Waals surface area contributed by atoms with Crippen LogP contribution in [0.2, 0.25) is 0 Å². The number of hydrogen-bond acceptors (Lipinski definition) is 3. The molecule has 0 fully saturated rings. The zero-order chi connectivity index (χ0) is 14.5. The van der Waals surface area contributed by atoms with Crippen molar-refractivity contribution in [1.82, 2.24) is 5.32 Å². The van der Waals surface area contributed by atoms with Gasteiger partial charge in [0.05, 0.1) is 6.61 Å². The lowest BCUT2D eigenvalue weighted by Crippen LogP contribution is -2.25. The van der Waals surface area contributed by atoms with E-state index in [1.807, 2.05) is 12.1 Å². The topological polar surface area (TPSA) is 62.5 Å². The smallest absolute Gasteiger partial charge is 0.287 e. The van der Waals surface area contributed by atoms with Crippen LogP contribution in [0.4, 0.5) is 0 Å². The van der Waals surface area contributed by atoms with E-state index in [-0.39, 0.29) is 24.8 Å². The Kier molecular flexibility index (Phi) is 4.58. The number of furan rings is 1. The number of nitrogens with one attached hydrogen (secondary N) is 1. The molecule has 1 heterocycles. The van der Waals surface area contributed by atoms with Gasteiger partial charge in [0.1, 0.15) is 5.76 Å². The molecule has 0 spiro atoms. The van der Waals surface area contributed by atoms with Crippen LogP contribution in [0, 0.1) is 0 Å². The van der Waals surface area contributed by atoms with Crippen LogP contribution in [0.5, 0.6) is 0 Å². The summed E-state index contributed by atoms with van der Waals surface area (Å²) in [5.74, 6) is 1.08. The molecule has 20 heavy (non-hydrogen) atoms. The molecular weight excluding hydrogens is 254 g/mol. The number of aliphatic hydroxyl groups excluding tert-OH is 1. The molecule has 1 aromatic heterocycles. The van der Waals surface area contributed by atoms with Crippen LogP contribution < -0.4 is 5.32 Å². The minimum atomic E-state index is -0.316. The van der Waals surface area contributed by atoms with Crippen molar-refractivity contribution in [2.75, 3.05) is 13.2 Å². The molecule has 2 rings (SSSR count). The maximum Gasteiger partial charge on any atom is 0.287 e. The Balaban J connectivity index is 2.14. The van der Waals surface area contributed by atoms with Gasteiger partial charge in [0.25, 0.3) is 5.91 Å². The highest BCUT2D eigenvalue weighted by Gasteiger charge is 2.11. The molecule has 4 nitrogen and oxygen atoms in total. The van der Waals surface area contributed by atoms with Gasteiger partial charge in [-0.15, -0.1) is 0 Å². The summed E-state index contributed by atoms with van der Waals surface area (Å²) in [5, 5.41) is 11.2. The quantitative estimate of drug-likeness (QED) is 0.880. The van der Waals surface area contributed by atoms with Crippen LogP contribution in [0.3, 0.4) is 0 Å². The number of benzene rings is 1. The van der Waals surface area contributed by atoms with Gasteiger partial charge in [0.15, 0.2) is 5.76 Å². The highest BCUT2D eigenvalue weighted by Crippen LogP contribution is 2.24. The van der Waals surface area contributed by atoms with Crippen molar-refractivity contribution < 1.29 is 14.3 Å². The molecule has 4 heteroatoms. The van der Waals surface area contributed by atoms with Gasteiger partial charge in [-0.2, -0.15) is 0 Å². The van der Waals surface area contributed by atoms with E-state index in [0.717, 1.165) is 5.56 Å². The Hall–Kier alpha value is -2.07. The Morgan fingerprint density at radius 3 is 2.50 bits per heavy atom. The third kappa shape index (κ3) is 3.27. The molecule has 1 amide bonds. The lowest BCUT2D eigenvalue weighted by atomic mass is 10.0. The number of rotatable bonds is 5. The lowest BCUT2D eigenvalue weighted by molar-refractivity contribution is 0.0918. The first-order chi connectivity index (χ1) is 9.61. The molecular formula is C16H19NO3. The van der Waals surface area contributed by atoms with Gasteiger partial charge in [0, 0.05) is 12.1 Å². The first-order valence-electron chi connectivity index (χ1n) is 6.71. The van der Waals surface area contributed by atoms with Crippen LogP contribution in [0.15, 0.2) is 40.8 Å². The van der Waals surface area contributed by atoms with Crippen molar-refractivity contribution in [1.29, 1.82) is 0 Å². The molecule has 0 saturated carbocycles. The lowest BCUT2D eigenvalue weighted by Gasteiger charge is -2.05. The predicted octanol–water partition coefficient (Wildman–Crippen LogP) is 2.79. The molecule has 1 aromatic carbocycles. The summed E-state index contributed by atoms with van der Waals surface area (Å²) in [7, 11) is 0. The molecule has 0 aliphatic rings. The summed E-state index contributed by atoms with van der Waals surface area (Å²) in [4.78, 5) is 11.7. The summed E-state index contributed by atoms with van der Waals surface area (Å²) < 4.78 is 5.54. The first kappa shape index (κ1) is 14.3. The zero-order valence-electron chi connectivity index (χ0n) is 11.7. The molecule has 0 atom stereocenters. The van der Waals surface area contributed by atoms with Crippen LogP contribution in [-0.2, 0) is 0 Å². The Morgan fingerprint density at radius 1 is 1.20 bits per heavy atom. The summed E-state index contributed by atoms with van der Waals surface area (Å²) in [6.45, 7) is 4.42. The van der Waals surface area contributed by atoms with E-state index >= 15 is 0 Å². The maximum absolute atomic E-state index is 11.7. The molecule has 0 saturated heterocycles. The molecule has 0 aliphatic heterocycles. The fraction of sp³-hybridized carbons (Fsp3) is 0.312. The molecule has 0 aliphatic carbocycles. The van der Waals surface area contributed by atoms with Gasteiger partial charge in [0.2, 0.25) is 0 Å². The van der Waals surface area contributed by atoms with Crippen molar-refractivity contribution in [3.63, 3.8) is 0 Å².